The number of amides is 1. The highest BCUT2D eigenvalue weighted by Gasteiger charge is 2.23. The molecule has 0 fully saturated rings. The van der Waals surface area contributed by atoms with Crippen molar-refractivity contribution in [2.45, 2.75) is 33.2 Å². The Labute approximate surface area is 121 Å². The third kappa shape index (κ3) is 5.13. The van der Waals surface area contributed by atoms with Crippen molar-refractivity contribution >= 4 is 11.7 Å². The highest BCUT2D eigenvalue weighted by atomic mass is 16.2. The molecule has 1 atom stereocenters. The Morgan fingerprint density at radius 2 is 1.75 bits per heavy atom. The summed E-state index contributed by atoms with van der Waals surface area (Å²) in [5.74, 6) is -0.116. The van der Waals surface area contributed by atoms with Gasteiger partial charge in [-0.05, 0) is 19.0 Å². The summed E-state index contributed by atoms with van der Waals surface area (Å²) >= 11 is 0. The zero-order valence-corrected chi connectivity index (χ0v) is 12.7. The van der Waals surface area contributed by atoms with E-state index >= 15 is 0 Å². The van der Waals surface area contributed by atoms with Crippen LogP contribution in [0.2, 0.25) is 0 Å². The molecule has 0 radical (unpaired) electrons. The number of nitrogens with one attached hydrogen (secondary N) is 2. The summed E-state index contributed by atoms with van der Waals surface area (Å²) in [5, 5.41) is 5.70. The van der Waals surface area contributed by atoms with Crippen LogP contribution in [0, 0.1) is 5.41 Å². The molecule has 1 amide bonds. The lowest BCUT2D eigenvalue weighted by molar-refractivity contribution is -0.129. The number of ketones is 1. The van der Waals surface area contributed by atoms with Crippen LogP contribution in [0.1, 0.15) is 26.3 Å². The van der Waals surface area contributed by atoms with Crippen LogP contribution >= 0.6 is 0 Å². The molecule has 0 bridgehead atoms. The van der Waals surface area contributed by atoms with Crippen molar-refractivity contribution in [2.24, 2.45) is 5.41 Å². The molecule has 1 aromatic rings. The number of likely N-dealkylation sites (N-methyl/N-ethyl adjacent to an activating group) is 1. The van der Waals surface area contributed by atoms with Crippen LogP contribution in [0.25, 0.3) is 0 Å². The summed E-state index contributed by atoms with van der Waals surface area (Å²) < 4.78 is 0. The molecule has 0 spiro atoms. The fourth-order valence-corrected chi connectivity index (χ4v) is 1.73. The molecule has 0 aliphatic heterocycles. The van der Waals surface area contributed by atoms with E-state index in [1.807, 2.05) is 51.1 Å². The van der Waals surface area contributed by atoms with Gasteiger partial charge in [0.25, 0.3) is 0 Å². The second-order valence-corrected chi connectivity index (χ2v) is 5.92. The molecule has 4 heteroatoms. The number of hydrogen-bond donors (Lipinski definition) is 2. The van der Waals surface area contributed by atoms with Crippen LogP contribution < -0.4 is 10.6 Å². The number of benzene rings is 1. The van der Waals surface area contributed by atoms with E-state index in [0.29, 0.717) is 6.42 Å². The predicted molar refractivity (Wildman–Crippen MR) is 80.5 cm³/mol. The van der Waals surface area contributed by atoms with Gasteiger partial charge in [-0.2, -0.15) is 0 Å². The maximum Gasteiger partial charge on any atom is 0.237 e. The molecule has 110 valence electrons. The fourth-order valence-electron chi connectivity index (χ4n) is 1.73. The molecule has 0 unspecified atom stereocenters. The molecular weight excluding hydrogens is 252 g/mol. The Balaban J connectivity index is 2.54. The van der Waals surface area contributed by atoms with Gasteiger partial charge in [0, 0.05) is 5.41 Å². The van der Waals surface area contributed by atoms with Gasteiger partial charge in [0.15, 0.2) is 5.78 Å². The average molecular weight is 276 g/mol. The topological polar surface area (TPSA) is 58.2 Å². The van der Waals surface area contributed by atoms with Gasteiger partial charge in [0.05, 0.1) is 12.6 Å². The molecule has 0 heterocycles. The third-order valence-corrected chi connectivity index (χ3v) is 3.21. The minimum absolute atomic E-state index is 0.0282. The van der Waals surface area contributed by atoms with Gasteiger partial charge >= 0.3 is 0 Å². The predicted octanol–water partition coefficient (Wildman–Crippen LogP) is 1.55. The molecule has 0 saturated heterocycles. The van der Waals surface area contributed by atoms with Crippen LogP contribution in [0.5, 0.6) is 0 Å². The van der Waals surface area contributed by atoms with E-state index in [1.165, 1.54) is 0 Å². The SMILES string of the molecule is CN[C@@H](Cc1ccccc1)C(=O)NCC(=O)C(C)(C)C. The molecular formula is C16H24N2O2. The minimum atomic E-state index is -0.429. The standard InChI is InChI=1S/C16H24N2O2/c1-16(2,3)14(19)11-18-15(20)13(17-4)10-12-8-6-5-7-9-12/h5-9,13,17H,10-11H2,1-4H3,(H,18,20)/t13-/m0/s1. The van der Waals surface area contributed by atoms with Crippen molar-refractivity contribution < 1.29 is 9.59 Å². The summed E-state index contributed by atoms with van der Waals surface area (Å²) in [6.45, 7) is 5.62. The second-order valence-electron chi connectivity index (χ2n) is 5.92. The summed E-state index contributed by atoms with van der Waals surface area (Å²) in [6, 6.07) is 9.48. The first-order valence-corrected chi connectivity index (χ1v) is 6.87. The monoisotopic (exact) mass is 276 g/mol. The van der Waals surface area contributed by atoms with Crippen molar-refractivity contribution in [3.8, 4) is 0 Å². The molecule has 0 aliphatic carbocycles. The lowest BCUT2D eigenvalue weighted by Crippen LogP contribution is -2.46. The molecule has 20 heavy (non-hydrogen) atoms. The molecule has 4 nitrogen and oxygen atoms in total. The van der Waals surface area contributed by atoms with Crippen LogP contribution in [0.15, 0.2) is 30.3 Å². The number of Topliss-reactive ketones (excluding diaryl/α,β-unsaturated/α-hetero) is 1. The number of hydrogen-bond acceptors (Lipinski definition) is 3. The molecule has 2 N–H and O–H groups in total. The van der Waals surface area contributed by atoms with E-state index < -0.39 is 5.41 Å². The lowest BCUT2D eigenvalue weighted by Gasteiger charge is -2.19. The van der Waals surface area contributed by atoms with Gasteiger partial charge in [-0.25, -0.2) is 0 Å². The minimum Gasteiger partial charge on any atom is -0.348 e. The first kappa shape index (κ1) is 16.4. The van der Waals surface area contributed by atoms with Gasteiger partial charge in [-0.3, -0.25) is 9.59 Å². The van der Waals surface area contributed by atoms with Crippen LogP contribution in [-0.2, 0) is 16.0 Å². The average Bonchev–Trinajstić information content (AvgIpc) is 2.41. The molecule has 1 rings (SSSR count). The van der Waals surface area contributed by atoms with Gasteiger partial charge in [-0.15, -0.1) is 0 Å². The first-order valence-electron chi connectivity index (χ1n) is 6.87. The summed E-state index contributed by atoms with van der Waals surface area (Å²) in [6.07, 6.45) is 0.604. The van der Waals surface area contributed by atoms with E-state index in [-0.39, 0.29) is 24.3 Å². The lowest BCUT2D eigenvalue weighted by atomic mass is 9.91. The Kier molecular flexibility index (Phi) is 5.89. The quantitative estimate of drug-likeness (QED) is 0.829. The number of rotatable bonds is 6. The molecule has 1 aromatic carbocycles. The normalized spacial score (nSPS) is 12.8. The van der Waals surface area contributed by atoms with E-state index in [4.69, 9.17) is 0 Å². The fraction of sp³-hybridized carbons (Fsp3) is 0.500. The van der Waals surface area contributed by atoms with Crippen molar-refractivity contribution in [3.05, 3.63) is 35.9 Å². The smallest absolute Gasteiger partial charge is 0.237 e. The number of carbonyl (C=O) groups is 2. The zero-order chi connectivity index (χ0) is 15.2. The van der Waals surface area contributed by atoms with Gasteiger partial charge in [0.1, 0.15) is 0 Å². The van der Waals surface area contributed by atoms with Crippen molar-refractivity contribution in [2.75, 3.05) is 13.6 Å². The summed E-state index contributed by atoms with van der Waals surface area (Å²) in [5.41, 5.74) is 0.658. The van der Waals surface area contributed by atoms with E-state index in [1.54, 1.807) is 7.05 Å². The van der Waals surface area contributed by atoms with E-state index in [9.17, 15) is 9.59 Å². The van der Waals surface area contributed by atoms with Gasteiger partial charge in [-0.1, -0.05) is 51.1 Å². The van der Waals surface area contributed by atoms with Gasteiger partial charge in [0.2, 0.25) is 5.91 Å². The van der Waals surface area contributed by atoms with E-state index in [2.05, 4.69) is 10.6 Å². The Morgan fingerprint density at radius 3 is 2.25 bits per heavy atom. The molecule has 0 aliphatic rings. The zero-order valence-electron chi connectivity index (χ0n) is 12.7. The highest BCUT2D eigenvalue weighted by Crippen LogP contribution is 2.13. The van der Waals surface area contributed by atoms with Crippen molar-refractivity contribution in [1.82, 2.24) is 10.6 Å². The highest BCUT2D eigenvalue weighted by molar-refractivity contribution is 5.90. The largest absolute Gasteiger partial charge is 0.348 e. The second kappa shape index (κ2) is 7.20. The maximum absolute atomic E-state index is 12.1. The van der Waals surface area contributed by atoms with Gasteiger partial charge < -0.3 is 10.6 Å². The molecule has 0 saturated carbocycles. The molecule has 0 aromatic heterocycles. The Hall–Kier alpha value is -1.68. The van der Waals surface area contributed by atoms with Crippen molar-refractivity contribution in [3.63, 3.8) is 0 Å². The maximum atomic E-state index is 12.1. The summed E-state index contributed by atoms with van der Waals surface area (Å²) in [7, 11) is 1.75. The van der Waals surface area contributed by atoms with Crippen LogP contribution in [-0.4, -0.2) is 31.3 Å². The van der Waals surface area contributed by atoms with Crippen LogP contribution in [0.3, 0.4) is 0 Å². The number of carbonyl (C=O) groups excluding carboxylic acids is 2. The van der Waals surface area contributed by atoms with E-state index in [0.717, 1.165) is 5.56 Å². The van der Waals surface area contributed by atoms with Crippen molar-refractivity contribution in [1.29, 1.82) is 0 Å². The first-order chi connectivity index (χ1) is 9.34. The summed E-state index contributed by atoms with van der Waals surface area (Å²) in [4.78, 5) is 23.9. The Morgan fingerprint density at radius 1 is 1.15 bits per heavy atom. The van der Waals surface area contributed by atoms with Crippen LogP contribution in [0.4, 0.5) is 0 Å². The Bertz CT molecular complexity index is 449. The third-order valence-electron chi connectivity index (χ3n) is 3.21.